The molecule has 1 aromatic rings. The van der Waals surface area contributed by atoms with Crippen molar-refractivity contribution in [2.45, 2.75) is 43.4 Å². The Bertz CT molecular complexity index is 606. The second-order valence-electron chi connectivity index (χ2n) is 5.24. The molecule has 0 aromatic carbocycles. The van der Waals surface area contributed by atoms with Gasteiger partial charge in [0.15, 0.2) is 0 Å². The number of carboxylic acids is 1. The van der Waals surface area contributed by atoms with Gasteiger partial charge in [0.05, 0.1) is 3.79 Å². The zero-order valence-corrected chi connectivity index (χ0v) is 14.7. The molecular formula is C13H18BrNO4S2. The first kappa shape index (κ1) is 16.9. The topological polar surface area (TPSA) is 83.5 Å². The average molecular weight is 396 g/mol. The molecule has 1 heterocycles. The van der Waals surface area contributed by atoms with E-state index in [1.165, 1.54) is 31.7 Å². The van der Waals surface area contributed by atoms with Gasteiger partial charge >= 0.3 is 5.97 Å². The normalized spacial score (nSPS) is 16.4. The van der Waals surface area contributed by atoms with E-state index < -0.39 is 16.0 Å². The van der Waals surface area contributed by atoms with Gasteiger partial charge in [-0.2, -0.15) is 0 Å². The number of halogens is 1. The zero-order valence-electron chi connectivity index (χ0n) is 11.5. The van der Waals surface area contributed by atoms with Crippen LogP contribution >= 0.6 is 27.3 Å². The fourth-order valence-corrected chi connectivity index (χ4v) is 6.09. The minimum atomic E-state index is -3.65. The maximum Gasteiger partial charge on any atom is 0.345 e. The summed E-state index contributed by atoms with van der Waals surface area (Å²) in [6, 6.07) is 1.19. The van der Waals surface area contributed by atoms with Gasteiger partial charge in [-0.25, -0.2) is 17.9 Å². The molecule has 118 valence electrons. The Hall–Kier alpha value is -0.440. The third kappa shape index (κ3) is 4.51. The van der Waals surface area contributed by atoms with E-state index in [0.29, 0.717) is 10.3 Å². The summed E-state index contributed by atoms with van der Waals surface area (Å²) in [5.74, 6) is -0.385. The molecule has 1 aromatic heterocycles. The van der Waals surface area contributed by atoms with Gasteiger partial charge in [0, 0.05) is 6.54 Å². The van der Waals surface area contributed by atoms with Gasteiger partial charge in [0.2, 0.25) is 10.0 Å². The van der Waals surface area contributed by atoms with Crippen LogP contribution in [0.15, 0.2) is 14.7 Å². The highest BCUT2D eigenvalue weighted by atomic mass is 79.9. The van der Waals surface area contributed by atoms with Crippen molar-refractivity contribution in [2.24, 2.45) is 5.92 Å². The van der Waals surface area contributed by atoms with E-state index in [-0.39, 0.29) is 9.77 Å². The van der Waals surface area contributed by atoms with Crippen LogP contribution in [-0.4, -0.2) is 26.0 Å². The highest BCUT2D eigenvalue weighted by Gasteiger charge is 2.23. The van der Waals surface area contributed by atoms with Crippen LogP contribution in [0.2, 0.25) is 0 Å². The van der Waals surface area contributed by atoms with E-state index in [0.717, 1.165) is 30.1 Å². The quantitative estimate of drug-likeness (QED) is 0.692. The van der Waals surface area contributed by atoms with Crippen molar-refractivity contribution in [1.82, 2.24) is 4.72 Å². The predicted molar refractivity (Wildman–Crippen MR) is 85.4 cm³/mol. The summed E-state index contributed by atoms with van der Waals surface area (Å²) in [7, 11) is -3.65. The fraction of sp³-hybridized carbons (Fsp3) is 0.615. The number of hydrogen-bond donors (Lipinski definition) is 2. The Morgan fingerprint density at radius 2 is 2.10 bits per heavy atom. The van der Waals surface area contributed by atoms with Gasteiger partial charge in [0.25, 0.3) is 0 Å². The molecule has 0 spiro atoms. The third-order valence-electron chi connectivity index (χ3n) is 3.71. The van der Waals surface area contributed by atoms with Crippen molar-refractivity contribution in [2.75, 3.05) is 6.54 Å². The number of nitrogens with one attached hydrogen (secondary N) is 1. The Balaban J connectivity index is 1.90. The summed E-state index contributed by atoms with van der Waals surface area (Å²) >= 11 is 4.03. The maximum atomic E-state index is 12.2. The van der Waals surface area contributed by atoms with E-state index in [2.05, 4.69) is 20.7 Å². The SMILES string of the molecule is O=C(O)c1cc(S(=O)(=O)NCCCC2CCCC2)c(Br)s1. The molecule has 1 aliphatic carbocycles. The largest absolute Gasteiger partial charge is 0.477 e. The lowest BCUT2D eigenvalue weighted by Crippen LogP contribution is -2.25. The van der Waals surface area contributed by atoms with Crippen LogP contribution in [0.4, 0.5) is 0 Å². The summed E-state index contributed by atoms with van der Waals surface area (Å²) in [5, 5.41) is 8.90. The molecule has 2 N–H and O–H groups in total. The second kappa shape index (κ2) is 7.21. The monoisotopic (exact) mass is 395 g/mol. The smallest absolute Gasteiger partial charge is 0.345 e. The Morgan fingerprint density at radius 3 is 2.67 bits per heavy atom. The van der Waals surface area contributed by atoms with E-state index in [4.69, 9.17) is 5.11 Å². The van der Waals surface area contributed by atoms with Gasteiger partial charge in [-0.05, 0) is 40.8 Å². The van der Waals surface area contributed by atoms with Gasteiger partial charge in [0.1, 0.15) is 9.77 Å². The van der Waals surface area contributed by atoms with Crippen LogP contribution in [0.25, 0.3) is 0 Å². The summed E-state index contributed by atoms with van der Waals surface area (Å²) in [6.07, 6.45) is 6.95. The van der Waals surface area contributed by atoms with Crippen molar-refractivity contribution in [3.05, 3.63) is 14.7 Å². The Morgan fingerprint density at radius 1 is 1.43 bits per heavy atom. The second-order valence-corrected chi connectivity index (χ2v) is 9.35. The summed E-state index contributed by atoms with van der Waals surface area (Å²) < 4.78 is 27.2. The van der Waals surface area contributed by atoms with Crippen LogP contribution in [0.3, 0.4) is 0 Å². The number of hydrogen-bond acceptors (Lipinski definition) is 4. The lowest BCUT2D eigenvalue weighted by Gasteiger charge is -2.09. The van der Waals surface area contributed by atoms with Crippen molar-refractivity contribution in [1.29, 1.82) is 0 Å². The fourth-order valence-electron chi connectivity index (χ4n) is 2.61. The van der Waals surface area contributed by atoms with E-state index in [9.17, 15) is 13.2 Å². The molecule has 21 heavy (non-hydrogen) atoms. The molecular weight excluding hydrogens is 378 g/mol. The third-order valence-corrected chi connectivity index (χ3v) is 7.41. The van der Waals surface area contributed by atoms with Crippen LogP contribution in [-0.2, 0) is 10.0 Å². The zero-order chi connectivity index (χ0) is 15.5. The first-order valence-corrected chi connectivity index (χ1v) is 10.0. The van der Waals surface area contributed by atoms with Gasteiger partial charge in [-0.15, -0.1) is 11.3 Å². The molecule has 5 nitrogen and oxygen atoms in total. The number of carbonyl (C=O) groups is 1. The van der Waals surface area contributed by atoms with Crippen molar-refractivity contribution in [3.63, 3.8) is 0 Å². The predicted octanol–water partition coefficient (Wildman–Crippen LogP) is 3.46. The standard InChI is InChI=1S/C13H18BrNO4S2/c14-12-11(8-10(20-12)13(16)17)21(18,19)15-7-3-6-9-4-1-2-5-9/h8-9,15H,1-7H2,(H,16,17). The lowest BCUT2D eigenvalue weighted by molar-refractivity contribution is 0.0702. The number of rotatable bonds is 7. The molecule has 0 unspecified atom stereocenters. The van der Waals surface area contributed by atoms with Crippen LogP contribution in [0.1, 0.15) is 48.2 Å². The van der Waals surface area contributed by atoms with Crippen molar-refractivity contribution in [3.8, 4) is 0 Å². The van der Waals surface area contributed by atoms with E-state index in [1.54, 1.807) is 0 Å². The maximum absolute atomic E-state index is 12.2. The molecule has 0 saturated heterocycles. The van der Waals surface area contributed by atoms with Crippen molar-refractivity contribution >= 4 is 43.3 Å². The van der Waals surface area contributed by atoms with Gasteiger partial charge < -0.3 is 5.11 Å². The molecule has 0 amide bonds. The molecule has 8 heteroatoms. The van der Waals surface area contributed by atoms with Gasteiger partial charge in [-0.1, -0.05) is 25.7 Å². The van der Waals surface area contributed by atoms with Crippen LogP contribution < -0.4 is 4.72 Å². The Labute approximate surface area is 136 Å². The molecule has 2 rings (SSSR count). The van der Waals surface area contributed by atoms with E-state index in [1.807, 2.05) is 0 Å². The summed E-state index contributed by atoms with van der Waals surface area (Å²) in [5.41, 5.74) is 0. The first-order chi connectivity index (χ1) is 9.90. The molecule has 0 aliphatic heterocycles. The first-order valence-electron chi connectivity index (χ1n) is 6.92. The Kier molecular flexibility index (Phi) is 5.81. The molecule has 1 aliphatic rings. The molecule has 0 atom stereocenters. The minimum Gasteiger partial charge on any atom is -0.477 e. The van der Waals surface area contributed by atoms with Crippen molar-refractivity contribution < 1.29 is 18.3 Å². The molecule has 1 fully saturated rings. The number of sulfonamides is 1. The highest BCUT2D eigenvalue weighted by Crippen LogP contribution is 2.32. The van der Waals surface area contributed by atoms with Crippen LogP contribution in [0, 0.1) is 5.92 Å². The number of thiophene rings is 1. The molecule has 1 saturated carbocycles. The number of aromatic carboxylic acids is 1. The van der Waals surface area contributed by atoms with Gasteiger partial charge in [-0.3, -0.25) is 0 Å². The number of carboxylic acid groups (broad SMARTS) is 1. The molecule has 0 bridgehead atoms. The summed E-state index contributed by atoms with van der Waals surface area (Å²) in [4.78, 5) is 10.9. The lowest BCUT2D eigenvalue weighted by atomic mass is 10.0. The molecule has 0 radical (unpaired) electrons. The van der Waals surface area contributed by atoms with E-state index >= 15 is 0 Å². The average Bonchev–Trinajstić information content (AvgIpc) is 3.04. The van der Waals surface area contributed by atoms with Crippen LogP contribution in [0.5, 0.6) is 0 Å². The summed E-state index contributed by atoms with van der Waals surface area (Å²) in [6.45, 7) is 0.392. The highest BCUT2D eigenvalue weighted by molar-refractivity contribution is 9.11. The minimum absolute atomic E-state index is 0.00534.